The van der Waals surface area contributed by atoms with Gasteiger partial charge in [0.15, 0.2) is 0 Å². The van der Waals surface area contributed by atoms with Gasteiger partial charge in [0.05, 0.1) is 6.54 Å². The molecular formula is C12H20N4. The van der Waals surface area contributed by atoms with E-state index in [9.17, 15) is 0 Å². The molecule has 0 amide bonds. The van der Waals surface area contributed by atoms with Crippen LogP contribution in [0.5, 0.6) is 0 Å². The third-order valence-corrected chi connectivity index (χ3v) is 3.88. The summed E-state index contributed by atoms with van der Waals surface area (Å²) in [7, 11) is 0. The van der Waals surface area contributed by atoms with Gasteiger partial charge < -0.3 is 5.32 Å². The average Bonchev–Trinajstić information content (AvgIpc) is 2.77. The molecule has 1 aromatic heterocycles. The Hall–Kier alpha value is -0.900. The van der Waals surface area contributed by atoms with E-state index in [-0.39, 0.29) is 0 Å². The third kappa shape index (κ3) is 2.12. The summed E-state index contributed by atoms with van der Waals surface area (Å²) >= 11 is 0. The summed E-state index contributed by atoms with van der Waals surface area (Å²) < 4.78 is 2.06. The van der Waals surface area contributed by atoms with Gasteiger partial charge in [0.1, 0.15) is 12.2 Å². The average molecular weight is 220 g/mol. The molecule has 88 valence electrons. The molecule has 1 saturated carbocycles. The van der Waals surface area contributed by atoms with Crippen molar-refractivity contribution in [1.29, 1.82) is 0 Å². The summed E-state index contributed by atoms with van der Waals surface area (Å²) in [6.45, 7) is 1.01. The lowest BCUT2D eigenvalue weighted by molar-refractivity contribution is 0.284. The van der Waals surface area contributed by atoms with Gasteiger partial charge in [-0.15, -0.1) is 0 Å². The van der Waals surface area contributed by atoms with E-state index in [2.05, 4.69) is 20.1 Å². The Kier molecular flexibility index (Phi) is 2.91. The van der Waals surface area contributed by atoms with Crippen molar-refractivity contribution < 1.29 is 0 Å². The molecule has 0 saturated heterocycles. The van der Waals surface area contributed by atoms with E-state index >= 15 is 0 Å². The number of nitrogens with one attached hydrogen (secondary N) is 1. The maximum absolute atomic E-state index is 4.27. The van der Waals surface area contributed by atoms with E-state index in [1.165, 1.54) is 38.5 Å². The van der Waals surface area contributed by atoms with Gasteiger partial charge in [-0.3, -0.25) is 0 Å². The Balaban J connectivity index is 1.57. The number of hydrogen-bond acceptors (Lipinski definition) is 3. The SMILES string of the molecule is c1nc2n(n1)CC(NC1CCCCC1)CC2. The molecule has 1 aromatic rings. The molecule has 1 atom stereocenters. The van der Waals surface area contributed by atoms with Crippen LogP contribution in [0.25, 0.3) is 0 Å². The van der Waals surface area contributed by atoms with Gasteiger partial charge in [0.2, 0.25) is 0 Å². The Morgan fingerprint density at radius 1 is 1.12 bits per heavy atom. The quantitative estimate of drug-likeness (QED) is 0.821. The number of rotatable bonds is 2. The van der Waals surface area contributed by atoms with Gasteiger partial charge in [-0.05, 0) is 19.3 Å². The van der Waals surface area contributed by atoms with Gasteiger partial charge in [-0.1, -0.05) is 19.3 Å². The first-order chi connectivity index (χ1) is 7.92. The van der Waals surface area contributed by atoms with Crippen LogP contribution in [0.4, 0.5) is 0 Å². The van der Waals surface area contributed by atoms with Crippen molar-refractivity contribution in [1.82, 2.24) is 20.1 Å². The highest BCUT2D eigenvalue weighted by molar-refractivity contribution is 4.93. The molecule has 1 fully saturated rings. The number of aromatic nitrogens is 3. The third-order valence-electron chi connectivity index (χ3n) is 3.88. The first-order valence-corrected chi connectivity index (χ1v) is 6.54. The minimum atomic E-state index is 0.609. The molecule has 1 N–H and O–H groups in total. The Bertz CT molecular complexity index is 341. The number of aryl methyl sites for hydroxylation is 1. The molecule has 2 aliphatic rings. The molecule has 0 aromatic carbocycles. The van der Waals surface area contributed by atoms with Crippen molar-refractivity contribution in [2.45, 2.75) is 63.6 Å². The molecule has 4 nitrogen and oxygen atoms in total. The van der Waals surface area contributed by atoms with Crippen LogP contribution in [0, 0.1) is 0 Å². The molecule has 1 aliphatic heterocycles. The zero-order chi connectivity index (χ0) is 10.8. The molecule has 2 heterocycles. The Morgan fingerprint density at radius 3 is 2.88 bits per heavy atom. The summed E-state index contributed by atoms with van der Waals surface area (Å²) in [6, 6.07) is 1.36. The second kappa shape index (κ2) is 4.53. The van der Waals surface area contributed by atoms with E-state index in [1.54, 1.807) is 6.33 Å². The van der Waals surface area contributed by atoms with E-state index in [1.807, 2.05) is 0 Å². The lowest BCUT2D eigenvalue weighted by Crippen LogP contribution is -2.44. The number of nitrogens with zero attached hydrogens (tertiary/aromatic N) is 3. The van der Waals surface area contributed by atoms with Crippen molar-refractivity contribution in [3.05, 3.63) is 12.2 Å². The van der Waals surface area contributed by atoms with Crippen LogP contribution in [0.15, 0.2) is 6.33 Å². The van der Waals surface area contributed by atoms with Crippen molar-refractivity contribution in [3.63, 3.8) is 0 Å². The maximum atomic E-state index is 4.27. The highest BCUT2D eigenvalue weighted by atomic mass is 15.3. The fourth-order valence-corrected chi connectivity index (χ4v) is 2.98. The molecular weight excluding hydrogens is 200 g/mol. The van der Waals surface area contributed by atoms with Gasteiger partial charge in [0, 0.05) is 18.5 Å². The van der Waals surface area contributed by atoms with Gasteiger partial charge in [-0.2, -0.15) is 5.10 Å². The first kappa shape index (κ1) is 10.3. The predicted molar refractivity (Wildman–Crippen MR) is 62.1 cm³/mol. The fraction of sp³-hybridized carbons (Fsp3) is 0.833. The molecule has 4 heteroatoms. The number of fused-ring (bicyclic) bond motifs is 1. The molecule has 16 heavy (non-hydrogen) atoms. The fourth-order valence-electron chi connectivity index (χ4n) is 2.98. The molecule has 3 rings (SSSR count). The lowest BCUT2D eigenvalue weighted by atomic mass is 9.94. The van der Waals surface area contributed by atoms with Crippen LogP contribution < -0.4 is 5.32 Å². The normalized spacial score (nSPS) is 26.6. The summed E-state index contributed by atoms with van der Waals surface area (Å²) in [4.78, 5) is 4.26. The van der Waals surface area contributed by atoms with Crippen LogP contribution in [0.1, 0.15) is 44.3 Å². The molecule has 1 unspecified atom stereocenters. The summed E-state index contributed by atoms with van der Waals surface area (Å²) in [5.74, 6) is 1.15. The molecule has 0 radical (unpaired) electrons. The second-order valence-corrected chi connectivity index (χ2v) is 5.10. The van der Waals surface area contributed by atoms with Crippen LogP contribution in [0.3, 0.4) is 0 Å². The zero-order valence-electron chi connectivity index (χ0n) is 9.73. The smallest absolute Gasteiger partial charge is 0.138 e. The summed E-state index contributed by atoms with van der Waals surface area (Å²) in [6.07, 6.45) is 10.9. The van der Waals surface area contributed by atoms with Crippen molar-refractivity contribution in [2.75, 3.05) is 0 Å². The molecule has 1 aliphatic carbocycles. The van der Waals surface area contributed by atoms with Crippen LogP contribution in [-0.2, 0) is 13.0 Å². The number of hydrogen-bond donors (Lipinski definition) is 1. The predicted octanol–water partition coefficient (Wildman–Crippen LogP) is 1.52. The summed E-state index contributed by atoms with van der Waals surface area (Å²) in [5.41, 5.74) is 0. The van der Waals surface area contributed by atoms with Crippen LogP contribution in [-0.4, -0.2) is 26.8 Å². The van der Waals surface area contributed by atoms with E-state index in [4.69, 9.17) is 0 Å². The largest absolute Gasteiger partial charge is 0.309 e. The van der Waals surface area contributed by atoms with Crippen molar-refractivity contribution >= 4 is 0 Å². The topological polar surface area (TPSA) is 42.7 Å². The van der Waals surface area contributed by atoms with Crippen molar-refractivity contribution in [3.8, 4) is 0 Å². The van der Waals surface area contributed by atoms with E-state index in [0.717, 1.165) is 24.8 Å². The lowest BCUT2D eigenvalue weighted by Gasteiger charge is -2.30. The van der Waals surface area contributed by atoms with Crippen LogP contribution >= 0.6 is 0 Å². The standard InChI is InChI=1S/C12H20N4/c1-2-4-10(5-3-1)15-11-6-7-12-13-9-14-16(12)8-11/h9-11,15H,1-8H2. The Labute approximate surface area is 96.4 Å². The van der Waals surface area contributed by atoms with Crippen molar-refractivity contribution in [2.24, 2.45) is 0 Å². The van der Waals surface area contributed by atoms with Gasteiger partial charge >= 0.3 is 0 Å². The minimum Gasteiger partial charge on any atom is -0.309 e. The second-order valence-electron chi connectivity index (χ2n) is 5.10. The minimum absolute atomic E-state index is 0.609. The maximum Gasteiger partial charge on any atom is 0.138 e. The van der Waals surface area contributed by atoms with Crippen LogP contribution in [0.2, 0.25) is 0 Å². The van der Waals surface area contributed by atoms with Gasteiger partial charge in [0.25, 0.3) is 0 Å². The summed E-state index contributed by atoms with van der Waals surface area (Å²) in [5, 5.41) is 8.07. The zero-order valence-corrected chi connectivity index (χ0v) is 9.73. The highest BCUT2D eigenvalue weighted by Gasteiger charge is 2.23. The Morgan fingerprint density at radius 2 is 2.00 bits per heavy atom. The molecule has 0 spiro atoms. The van der Waals surface area contributed by atoms with Gasteiger partial charge in [-0.25, -0.2) is 9.67 Å². The first-order valence-electron chi connectivity index (χ1n) is 6.54. The van der Waals surface area contributed by atoms with E-state index < -0.39 is 0 Å². The highest BCUT2D eigenvalue weighted by Crippen LogP contribution is 2.20. The monoisotopic (exact) mass is 220 g/mol. The van der Waals surface area contributed by atoms with E-state index in [0.29, 0.717) is 6.04 Å². The molecule has 0 bridgehead atoms.